The smallest absolute Gasteiger partial charge is 0.0848 e. The number of hydrogen-bond acceptors (Lipinski definition) is 2. The van der Waals surface area contributed by atoms with Crippen LogP contribution in [0.5, 0.6) is 0 Å². The zero-order chi connectivity index (χ0) is 12.6. The van der Waals surface area contributed by atoms with E-state index in [0.29, 0.717) is 5.02 Å². The maximum atomic E-state index is 9.11. The molecule has 0 saturated carbocycles. The topological polar surface area (TPSA) is 38.0 Å². The summed E-state index contributed by atoms with van der Waals surface area (Å²) in [6.45, 7) is 3.82. The lowest BCUT2D eigenvalue weighted by Crippen LogP contribution is -2.00. The fourth-order valence-corrected chi connectivity index (χ4v) is 2.28. The van der Waals surface area contributed by atoms with Gasteiger partial charge in [0.15, 0.2) is 0 Å². The van der Waals surface area contributed by atoms with E-state index in [9.17, 15) is 0 Å². The molecule has 0 unspecified atom stereocenters. The maximum Gasteiger partial charge on any atom is 0.0848 e. The van der Waals surface area contributed by atoms with Crippen molar-refractivity contribution >= 4 is 27.5 Å². The molecule has 0 aliphatic rings. The highest BCUT2D eigenvalue weighted by atomic mass is 79.9. The molecule has 0 bridgehead atoms. The molecule has 1 heterocycles. The minimum absolute atomic E-state index is 0.0126. The van der Waals surface area contributed by atoms with Gasteiger partial charge in [-0.2, -0.15) is 5.10 Å². The van der Waals surface area contributed by atoms with Gasteiger partial charge in [0, 0.05) is 4.47 Å². The zero-order valence-electron chi connectivity index (χ0n) is 9.54. The molecule has 1 N–H and O–H groups in total. The van der Waals surface area contributed by atoms with Gasteiger partial charge in [-0.1, -0.05) is 33.6 Å². The number of hydrogen-bond donors (Lipinski definition) is 1. The van der Waals surface area contributed by atoms with E-state index in [4.69, 9.17) is 16.7 Å². The number of nitrogens with zero attached hydrogens (tertiary/aromatic N) is 2. The lowest BCUT2D eigenvalue weighted by Gasteiger charge is -2.07. The largest absolute Gasteiger partial charge is 0.392 e. The first-order valence-electron chi connectivity index (χ1n) is 5.16. The van der Waals surface area contributed by atoms with Crippen LogP contribution in [-0.2, 0) is 6.61 Å². The molecule has 0 saturated heterocycles. The first-order chi connectivity index (χ1) is 8.04. The van der Waals surface area contributed by atoms with E-state index in [1.54, 1.807) is 4.68 Å². The molecule has 0 spiro atoms. The highest BCUT2D eigenvalue weighted by Crippen LogP contribution is 2.25. The van der Waals surface area contributed by atoms with Gasteiger partial charge in [0.1, 0.15) is 0 Å². The molecule has 0 atom stereocenters. The summed E-state index contributed by atoms with van der Waals surface area (Å²) in [4.78, 5) is 0. The predicted octanol–water partition coefficient (Wildman–Crippen LogP) is 3.40. The maximum absolute atomic E-state index is 9.11. The standard InChI is InChI=1S/C12H12BrClN2O/c1-7-12(14)8(2)16(15-7)10-4-3-9(6-17)11(13)5-10/h3-5,17H,6H2,1-2H3. The normalized spacial score (nSPS) is 10.9. The van der Waals surface area contributed by atoms with Crippen LogP contribution in [-0.4, -0.2) is 14.9 Å². The van der Waals surface area contributed by atoms with Crippen LogP contribution in [0.1, 0.15) is 17.0 Å². The van der Waals surface area contributed by atoms with Gasteiger partial charge in [-0.15, -0.1) is 0 Å². The third-order valence-corrected chi connectivity index (χ3v) is 3.94. The molecular weight excluding hydrogens is 304 g/mol. The van der Waals surface area contributed by atoms with Gasteiger partial charge >= 0.3 is 0 Å². The molecule has 0 aliphatic carbocycles. The molecule has 1 aromatic carbocycles. The molecule has 5 heteroatoms. The van der Waals surface area contributed by atoms with E-state index in [0.717, 1.165) is 27.1 Å². The number of rotatable bonds is 2. The van der Waals surface area contributed by atoms with Gasteiger partial charge in [0.05, 0.1) is 28.7 Å². The Morgan fingerprint density at radius 2 is 2.12 bits per heavy atom. The van der Waals surface area contributed by atoms with Crippen LogP contribution < -0.4 is 0 Å². The van der Waals surface area contributed by atoms with Crippen LogP contribution >= 0.6 is 27.5 Å². The second kappa shape index (κ2) is 4.80. The van der Waals surface area contributed by atoms with Crippen molar-refractivity contribution in [3.8, 4) is 5.69 Å². The molecule has 2 aromatic rings. The van der Waals surface area contributed by atoms with Crippen molar-refractivity contribution in [3.05, 3.63) is 44.6 Å². The van der Waals surface area contributed by atoms with E-state index in [1.165, 1.54) is 0 Å². The van der Waals surface area contributed by atoms with Crippen molar-refractivity contribution in [3.63, 3.8) is 0 Å². The summed E-state index contributed by atoms with van der Waals surface area (Å²) in [5.74, 6) is 0. The molecular formula is C12H12BrClN2O. The van der Waals surface area contributed by atoms with Crippen molar-refractivity contribution in [2.75, 3.05) is 0 Å². The molecule has 0 radical (unpaired) electrons. The molecule has 90 valence electrons. The van der Waals surface area contributed by atoms with Crippen molar-refractivity contribution in [1.29, 1.82) is 0 Å². The Morgan fingerprint density at radius 3 is 2.59 bits per heavy atom. The quantitative estimate of drug-likeness (QED) is 0.922. The van der Waals surface area contributed by atoms with Crippen molar-refractivity contribution in [2.45, 2.75) is 20.5 Å². The third kappa shape index (κ3) is 2.25. The number of aliphatic hydroxyl groups is 1. The van der Waals surface area contributed by atoms with Crippen molar-refractivity contribution < 1.29 is 5.11 Å². The monoisotopic (exact) mass is 314 g/mol. The summed E-state index contributed by atoms with van der Waals surface area (Å²) in [7, 11) is 0. The highest BCUT2D eigenvalue weighted by Gasteiger charge is 2.11. The fourth-order valence-electron chi connectivity index (χ4n) is 1.67. The number of aromatic nitrogens is 2. The molecule has 1 aromatic heterocycles. The lowest BCUT2D eigenvalue weighted by molar-refractivity contribution is 0.281. The average molecular weight is 316 g/mol. The second-order valence-electron chi connectivity index (χ2n) is 3.83. The second-order valence-corrected chi connectivity index (χ2v) is 5.06. The minimum atomic E-state index is 0.0126. The Labute approximate surface area is 113 Å². The molecule has 0 amide bonds. The molecule has 3 nitrogen and oxygen atoms in total. The summed E-state index contributed by atoms with van der Waals surface area (Å²) in [5, 5.41) is 14.2. The Balaban J connectivity index is 2.53. The Hall–Kier alpha value is -0.840. The number of aliphatic hydroxyl groups excluding tert-OH is 1. The highest BCUT2D eigenvalue weighted by molar-refractivity contribution is 9.10. The lowest BCUT2D eigenvalue weighted by atomic mass is 10.2. The van der Waals surface area contributed by atoms with E-state index in [2.05, 4.69) is 21.0 Å². The van der Waals surface area contributed by atoms with Crippen LogP contribution in [0.15, 0.2) is 22.7 Å². The molecule has 17 heavy (non-hydrogen) atoms. The van der Waals surface area contributed by atoms with Gasteiger partial charge in [-0.25, -0.2) is 4.68 Å². The van der Waals surface area contributed by atoms with Crippen molar-refractivity contribution in [2.24, 2.45) is 0 Å². The van der Waals surface area contributed by atoms with Crippen LogP contribution in [0.2, 0.25) is 5.02 Å². The van der Waals surface area contributed by atoms with Crippen LogP contribution in [0.4, 0.5) is 0 Å². The van der Waals surface area contributed by atoms with E-state index >= 15 is 0 Å². The molecule has 0 aliphatic heterocycles. The van der Waals surface area contributed by atoms with E-state index in [-0.39, 0.29) is 6.61 Å². The van der Waals surface area contributed by atoms with Crippen LogP contribution in [0.3, 0.4) is 0 Å². The average Bonchev–Trinajstić information content (AvgIpc) is 2.57. The van der Waals surface area contributed by atoms with Gasteiger partial charge in [0.2, 0.25) is 0 Å². The SMILES string of the molecule is Cc1nn(-c2ccc(CO)c(Br)c2)c(C)c1Cl. The number of halogens is 2. The van der Waals surface area contributed by atoms with Gasteiger partial charge < -0.3 is 5.11 Å². The summed E-state index contributed by atoms with van der Waals surface area (Å²) < 4.78 is 2.66. The van der Waals surface area contributed by atoms with Crippen LogP contribution in [0, 0.1) is 13.8 Å². The Morgan fingerprint density at radius 1 is 1.41 bits per heavy atom. The molecule has 0 fully saturated rings. The fraction of sp³-hybridized carbons (Fsp3) is 0.250. The van der Waals surface area contributed by atoms with E-state index < -0.39 is 0 Å². The summed E-state index contributed by atoms with van der Waals surface area (Å²) in [6, 6.07) is 5.69. The zero-order valence-corrected chi connectivity index (χ0v) is 11.9. The summed E-state index contributed by atoms with van der Waals surface area (Å²) >= 11 is 9.53. The first-order valence-corrected chi connectivity index (χ1v) is 6.33. The summed E-state index contributed by atoms with van der Waals surface area (Å²) in [6.07, 6.45) is 0. The van der Waals surface area contributed by atoms with Gasteiger partial charge in [0.25, 0.3) is 0 Å². The molecule has 2 rings (SSSR count). The number of aryl methyl sites for hydroxylation is 1. The Kier molecular flexibility index (Phi) is 3.56. The van der Waals surface area contributed by atoms with E-state index in [1.807, 2.05) is 32.0 Å². The third-order valence-electron chi connectivity index (χ3n) is 2.65. The number of benzene rings is 1. The Bertz CT molecular complexity index is 566. The van der Waals surface area contributed by atoms with Crippen LogP contribution in [0.25, 0.3) is 5.69 Å². The van der Waals surface area contributed by atoms with Crippen molar-refractivity contribution in [1.82, 2.24) is 9.78 Å². The minimum Gasteiger partial charge on any atom is -0.392 e. The van der Waals surface area contributed by atoms with Gasteiger partial charge in [-0.3, -0.25) is 0 Å². The van der Waals surface area contributed by atoms with Gasteiger partial charge in [-0.05, 0) is 31.5 Å². The first kappa shape index (κ1) is 12.6. The summed E-state index contributed by atoms with van der Waals surface area (Å²) in [5.41, 5.74) is 3.49. The predicted molar refractivity (Wildman–Crippen MR) is 71.7 cm³/mol.